The molecule has 0 bridgehead atoms. The molecule has 0 radical (unpaired) electrons. The van der Waals surface area contributed by atoms with Crippen LogP contribution in [0.15, 0.2) is 59.4 Å². The van der Waals surface area contributed by atoms with Crippen molar-refractivity contribution in [2.45, 2.75) is 38.6 Å². The second-order valence-electron chi connectivity index (χ2n) is 8.22. The second kappa shape index (κ2) is 9.39. The maximum atomic E-state index is 13.2. The molecule has 0 saturated carbocycles. The summed E-state index contributed by atoms with van der Waals surface area (Å²) in [6.45, 7) is 2.43. The number of likely N-dealkylation sites (tertiary alicyclic amines) is 1. The minimum Gasteiger partial charge on any atom is -0.451 e. The lowest BCUT2D eigenvalue weighted by Crippen LogP contribution is -2.45. The van der Waals surface area contributed by atoms with Crippen molar-refractivity contribution in [3.63, 3.8) is 0 Å². The minimum absolute atomic E-state index is 0.151. The smallest absolute Gasteiger partial charge is 0.356 e. The molecule has 0 aliphatic carbocycles. The van der Waals surface area contributed by atoms with Gasteiger partial charge in [-0.3, -0.25) is 9.59 Å². The number of benzene rings is 2. The number of ether oxygens (including phenoxy) is 1. The Morgan fingerprint density at radius 1 is 1.00 bits per heavy atom. The molecule has 166 valence electrons. The molecule has 1 atom stereocenters. The van der Waals surface area contributed by atoms with Crippen LogP contribution in [-0.4, -0.2) is 40.5 Å². The molecular formula is C26H28N2O4. The lowest BCUT2D eigenvalue weighted by Gasteiger charge is -2.35. The van der Waals surface area contributed by atoms with Gasteiger partial charge >= 0.3 is 5.97 Å². The van der Waals surface area contributed by atoms with Crippen molar-refractivity contribution in [2.24, 2.45) is 7.05 Å². The van der Waals surface area contributed by atoms with Crippen molar-refractivity contribution in [3.05, 3.63) is 70.6 Å². The molecule has 1 amide bonds. The number of carbonyl (C=O) groups is 2. The first kappa shape index (κ1) is 21.8. The van der Waals surface area contributed by atoms with Crippen LogP contribution in [-0.2, 0) is 16.6 Å². The van der Waals surface area contributed by atoms with Crippen molar-refractivity contribution < 1.29 is 14.3 Å². The average Bonchev–Trinajstić information content (AvgIpc) is 2.84. The van der Waals surface area contributed by atoms with Crippen LogP contribution in [0.25, 0.3) is 21.9 Å². The Kier molecular flexibility index (Phi) is 6.40. The lowest BCUT2D eigenvalue weighted by molar-refractivity contribution is -0.138. The average molecular weight is 433 g/mol. The monoisotopic (exact) mass is 432 g/mol. The highest BCUT2D eigenvalue weighted by molar-refractivity contribution is 6.07. The largest absolute Gasteiger partial charge is 0.451 e. The third kappa shape index (κ3) is 4.05. The van der Waals surface area contributed by atoms with Crippen LogP contribution in [0.2, 0.25) is 0 Å². The molecule has 2 aromatic carbocycles. The molecule has 6 heteroatoms. The van der Waals surface area contributed by atoms with Gasteiger partial charge in [-0.15, -0.1) is 0 Å². The highest BCUT2D eigenvalue weighted by atomic mass is 16.5. The summed E-state index contributed by atoms with van der Waals surface area (Å²) >= 11 is 0. The molecule has 6 nitrogen and oxygen atoms in total. The van der Waals surface area contributed by atoms with Gasteiger partial charge in [-0.25, -0.2) is 4.79 Å². The Balaban J connectivity index is 1.70. The van der Waals surface area contributed by atoms with Crippen molar-refractivity contribution >= 4 is 22.6 Å². The minimum atomic E-state index is -0.674. The molecule has 1 saturated heterocycles. The topological polar surface area (TPSA) is 68.6 Å². The normalized spacial score (nSPS) is 16.2. The first-order valence-electron chi connectivity index (χ1n) is 11.2. The Morgan fingerprint density at radius 3 is 2.41 bits per heavy atom. The van der Waals surface area contributed by atoms with E-state index in [4.69, 9.17) is 4.74 Å². The summed E-state index contributed by atoms with van der Waals surface area (Å²) in [4.78, 5) is 40.9. The van der Waals surface area contributed by atoms with Gasteiger partial charge in [0.05, 0.1) is 0 Å². The number of rotatable bonds is 5. The molecular weight excluding hydrogens is 404 g/mol. The van der Waals surface area contributed by atoms with Gasteiger partial charge < -0.3 is 14.2 Å². The molecule has 1 unspecified atom stereocenters. The summed E-state index contributed by atoms with van der Waals surface area (Å²) in [6.07, 6.45) is 3.94. The quantitative estimate of drug-likeness (QED) is 0.568. The number of amides is 1. The van der Waals surface area contributed by atoms with Gasteiger partial charge in [0.25, 0.3) is 11.5 Å². The number of piperidine rings is 1. The van der Waals surface area contributed by atoms with Crippen LogP contribution in [0.4, 0.5) is 0 Å². The molecule has 3 aromatic rings. The third-order valence-corrected chi connectivity index (χ3v) is 6.30. The second-order valence-corrected chi connectivity index (χ2v) is 8.22. The predicted molar refractivity (Wildman–Crippen MR) is 125 cm³/mol. The Labute approximate surface area is 187 Å². The highest BCUT2D eigenvalue weighted by Crippen LogP contribution is 2.31. The van der Waals surface area contributed by atoms with Crippen molar-refractivity contribution in [1.82, 2.24) is 9.47 Å². The number of carbonyl (C=O) groups excluding carboxylic acids is 2. The summed E-state index contributed by atoms with van der Waals surface area (Å²) in [5, 5.41) is 1.21. The lowest BCUT2D eigenvalue weighted by atomic mass is 9.97. The third-order valence-electron chi connectivity index (χ3n) is 6.30. The van der Waals surface area contributed by atoms with E-state index in [1.165, 1.54) is 4.57 Å². The maximum Gasteiger partial charge on any atom is 0.356 e. The Bertz CT molecular complexity index is 1200. The van der Waals surface area contributed by atoms with Crippen LogP contribution in [0, 0.1) is 0 Å². The maximum absolute atomic E-state index is 13.2. The summed E-state index contributed by atoms with van der Waals surface area (Å²) in [5.74, 6) is -0.857. The van der Waals surface area contributed by atoms with E-state index >= 15 is 0 Å². The standard InChI is InChI=1S/C26H28N2O4/c1-3-19-13-9-10-16-28(19)22(29)17-32-26(31)24-23(18-11-5-4-6-12-18)20-14-7-8-15-21(20)25(30)27(24)2/h4-8,11-12,14-15,19H,3,9-10,13,16-17H2,1-2H3. The van der Waals surface area contributed by atoms with E-state index in [1.807, 2.05) is 47.4 Å². The summed E-state index contributed by atoms with van der Waals surface area (Å²) in [6, 6.07) is 16.9. The van der Waals surface area contributed by atoms with E-state index in [0.717, 1.165) is 31.2 Å². The van der Waals surface area contributed by atoms with Gasteiger partial charge in [0.2, 0.25) is 0 Å². The van der Waals surface area contributed by atoms with Gasteiger partial charge in [0, 0.05) is 30.6 Å². The van der Waals surface area contributed by atoms with Gasteiger partial charge in [0.15, 0.2) is 6.61 Å². The molecule has 2 heterocycles. The Hall–Kier alpha value is -3.41. The SMILES string of the molecule is CCC1CCCCN1C(=O)COC(=O)c1c(-c2ccccc2)c2ccccc2c(=O)n1C. The number of esters is 1. The number of aromatic nitrogens is 1. The van der Waals surface area contributed by atoms with E-state index in [1.54, 1.807) is 19.2 Å². The summed E-state index contributed by atoms with van der Waals surface area (Å²) < 4.78 is 6.82. The zero-order valence-electron chi connectivity index (χ0n) is 18.5. The van der Waals surface area contributed by atoms with Crippen LogP contribution >= 0.6 is 0 Å². The van der Waals surface area contributed by atoms with Gasteiger partial charge in [-0.2, -0.15) is 0 Å². The van der Waals surface area contributed by atoms with Crippen LogP contribution in [0.3, 0.4) is 0 Å². The van der Waals surface area contributed by atoms with E-state index < -0.39 is 5.97 Å². The first-order valence-corrected chi connectivity index (χ1v) is 11.2. The number of hydrogen-bond acceptors (Lipinski definition) is 4. The van der Waals surface area contributed by atoms with Crippen LogP contribution < -0.4 is 5.56 Å². The van der Waals surface area contributed by atoms with E-state index in [9.17, 15) is 14.4 Å². The summed E-state index contributed by atoms with van der Waals surface area (Å²) in [7, 11) is 1.57. The highest BCUT2D eigenvalue weighted by Gasteiger charge is 2.28. The zero-order valence-corrected chi connectivity index (χ0v) is 18.5. The van der Waals surface area contributed by atoms with Crippen LogP contribution in [0.5, 0.6) is 0 Å². The van der Waals surface area contributed by atoms with Gasteiger partial charge in [-0.1, -0.05) is 55.5 Å². The predicted octanol–water partition coefficient (Wildman–Crippen LogP) is 4.15. The molecule has 1 aliphatic rings. The van der Waals surface area contributed by atoms with Gasteiger partial charge in [0.1, 0.15) is 5.69 Å². The molecule has 1 aromatic heterocycles. The number of hydrogen-bond donors (Lipinski definition) is 0. The van der Waals surface area contributed by atoms with E-state index in [0.29, 0.717) is 22.9 Å². The molecule has 1 aliphatic heterocycles. The van der Waals surface area contributed by atoms with Crippen molar-refractivity contribution in [2.75, 3.05) is 13.2 Å². The number of nitrogens with zero attached hydrogens (tertiary/aromatic N) is 2. The van der Waals surface area contributed by atoms with E-state index in [2.05, 4.69) is 6.92 Å². The molecule has 1 fully saturated rings. The van der Waals surface area contributed by atoms with E-state index in [-0.39, 0.29) is 29.8 Å². The first-order chi connectivity index (χ1) is 15.5. The molecule has 0 spiro atoms. The van der Waals surface area contributed by atoms with Crippen molar-refractivity contribution in [3.8, 4) is 11.1 Å². The Morgan fingerprint density at radius 2 is 1.69 bits per heavy atom. The molecule has 0 N–H and O–H groups in total. The number of fused-ring (bicyclic) bond motifs is 1. The van der Waals surface area contributed by atoms with Crippen molar-refractivity contribution in [1.29, 1.82) is 0 Å². The summed E-state index contributed by atoms with van der Waals surface area (Å²) in [5.41, 5.74) is 1.31. The molecule has 4 rings (SSSR count). The fourth-order valence-corrected chi connectivity index (χ4v) is 4.63. The fraction of sp³-hybridized carbons (Fsp3) is 0.346. The zero-order chi connectivity index (χ0) is 22.7. The molecule has 32 heavy (non-hydrogen) atoms. The van der Waals surface area contributed by atoms with Crippen LogP contribution in [0.1, 0.15) is 43.1 Å². The van der Waals surface area contributed by atoms with Gasteiger partial charge in [-0.05, 0) is 42.7 Å². The fourth-order valence-electron chi connectivity index (χ4n) is 4.63. The number of pyridine rings is 1.